The SMILES string of the molecule is COc1ccc(C2=CC(C)=CCC2)cc1. The number of hydrogen-bond acceptors (Lipinski definition) is 1. The molecule has 0 saturated heterocycles. The minimum atomic E-state index is 0.919. The second kappa shape index (κ2) is 4.35. The molecule has 1 aliphatic carbocycles. The summed E-state index contributed by atoms with van der Waals surface area (Å²) >= 11 is 0. The zero-order valence-electron chi connectivity index (χ0n) is 9.29. The van der Waals surface area contributed by atoms with Crippen LogP contribution in [0.1, 0.15) is 25.3 Å². The first-order valence-corrected chi connectivity index (χ1v) is 5.31. The smallest absolute Gasteiger partial charge is 0.118 e. The summed E-state index contributed by atoms with van der Waals surface area (Å²) in [6.45, 7) is 2.16. The van der Waals surface area contributed by atoms with Crippen molar-refractivity contribution in [3.63, 3.8) is 0 Å². The summed E-state index contributed by atoms with van der Waals surface area (Å²) in [6, 6.07) is 8.29. The van der Waals surface area contributed by atoms with Crippen LogP contribution in [0.25, 0.3) is 5.57 Å². The van der Waals surface area contributed by atoms with Crippen LogP contribution in [0.5, 0.6) is 5.75 Å². The van der Waals surface area contributed by atoms with Crippen molar-refractivity contribution in [2.24, 2.45) is 0 Å². The molecule has 0 atom stereocenters. The fourth-order valence-corrected chi connectivity index (χ4v) is 1.89. The van der Waals surface area contributed by atoms with Gasteiger partial charge in [-0.1, -0.05) is 29.9 Å². The van der Waals surface area contributed by atoms with Gasteiger partial charge in [0.2, 0.25) is 0 Å². The Hall–Kier alpha value is -1.50. The molecule has 1 aliphatic rings. The Labute approximate surface area is 91.1 Å². The maximum Gasteiger partial charge on any atom is 0.118 e. The number of benzene rings is 1. The van der Waals surface area contributed by atoms with Gasteiger partial charge in [0.25, 0.3) is 0 Å². The van der Waals surface area contributed by atoms with Gasteiger partial charge in [0.15, 0.2) is 0 Å². The molecule has 15 heavy (non-hydrogen) atoms. The van der Waals surface area contributed by atoms with Gasteiger partial charge < -0.3 is 4.74 Å². The number of hydrogen-bond donors (Lipinski definition) is 0. The normalized spacial score (nSPS) is 15.6. The van der Waals surface area contributed by atoms with Crippen LogP contribution in [0.3, 0.4) is 0 Å². The van der Waals surface area contributed by atoms with E-state index in [0.717, 1.165) is 18.6 Å². The van der Waals surface area contributed by atoms with Gasteiger partial charge in [0.1, 0.15) is 5.75 Å². The Kier molecular flexibility index (Phi) is 2.91. The molecule has 0 aliphatic heterocycles. The molecule has 0 amide bonds. The lowest BCUT2D eigenvalue weighted by Gasteiger charge is -2.12. The molecule has 1 aromatic carbocycles. The van der Waals surface area contributed by atoms with Crippen molar-refractivity contribution in [1.29, 1.82) is 0 Å². The van der Waals surface area contributed by atoms with Crippen molar-refractivity contribution >= 4 is 5.57 Å². The van der Waals surface area contributed by atoms with Crippen LogP contribution in [-0.4, -0.2) is 7.11 Å². The van der Waals surface area contributed by atoms with E-state index >= 15 is 0 Å². The Bertz CT molecular complexity index is 396. The summed E-state index contributed by atoms with van der Waals surface area (Å²) in [4.78, 5) is 0. The average Bonchev–Trinajstić information content (AvgIpc) is 2.29. The fourth-order valence-electron chi connectivity index (χ4n) is 1.89. The van der Waals surface area contributed by atoms with Gasteiger partial charge in [0.05, 0.1) is 7.11 Å². The van der Waals surface area contributed by atoms with Crippen molar-refractivity contribution in [2.45, 2.75) is 19.8 Å². The van der Waals surface area contributed by atoms with Crippen molar-refractivity contribution in [3.05, 3.63) is 47.6 Å². The zero-order chi connectivity index (χ0) is 10.7. The first-order chi connectivity index (χ1) is 7.29. The molecule has 0 radical (unpaired) electrons. The monoisotopic (exact) mass is 200 g/mol. The number of ether oxygens (including phenoxy) is 1. The van der Waals surface area contributed by atoms with Gasteiger partial charge in [-0.15, -0.1) is 0 Å². The molecule has 0 unspecified atom stereocenters. The van der Waals surface area contributed by atoms with Gasteiger partial charge in [0, 0.05) is 0 Å². The highest BCUT2D eigenvalue weighted by molar-refractivity contribution is 5.69. The molecule has 2 rings (SSSR count). The third-order valence-electron chi connectivity index (χ3n) is 2.74. The highest BCUT2D eigenvalue weighted by Crippen LogP contribution is 2.27. The Morgan fingerprint density at radius 1 is 1.13 bits per heavy atom. The molecule has 1 nitrogen and oxygen atoms in total. The molecule has 1 heteroatoms. The topological polar surface area (TPSA) is 9.23 Å². The summed E-state index contributed by atoms with van der Waals surface area (Å²) in [5.41, 5.74) is 4.10. The third-order valence-corrected chi connectivity index (χ3v) is 2.74. The summed E-state index contributed by atoms with van der Waals surface area (Å²) in [5, 5.41) is 0. The van der Waals surface area contributed by atoms with E-state index in [0.29, 0.717) is 0 Å². The number of methoxy groups -OCH3 is 1. The van der Waals surface area contributed by atoms with Crippen LogP contribution < -0.4 is 4.74 Å². The van der Waals surface area contributed by atoms with Gasteiger partial charge in [-0.25, -0.2) is 0 Å². The molecular weight excluding hydrogens is 184 g/mol. The van der Waals surface area contributed by atoms with E-state index in [1.165, 1.54) is 16.7 Å². The van der Waals surface area contributed by atoms with Crippen LogP contribution in [0.15, 0.2) is 42.0 Å². The minimum Gasteiger partial charge on any atom is -0.497 e. The lowest BCUT2D eigenvalue weighted by atomic mass is 9.94. The Balaban J connectivity index is 2.26. The first kappa shape index (κ1) is 10.0. The lowest BCUT2D eigenvalue weighted by Crippen LogP contribution is -1.91. The molecule has 1 aromatic rings. The van der Waals surface area contributed by atoms with E-state index in [-0.39, 0.29) is 0 Å². The Morgan fingerprint density at radius 2 is 1.87 bits per heavy atom. The second-order valence-corrected chi connectivity index (χ2v) is 3.88. The van der Waals surface area contributed by atoms with Crippen LogP contribution in [0.2, 0.25) is 0 Å². The summed E-state index contributed by atoms with van der Waals surface area (Å²) in [7, 11) is 1.70. The average molecular weight is 200 g/mol. The molecule has 78 valence electrons. The Morgan fingerprint density at radius 3 is 2.47 bits per heavy atom. The minimum absolute atomic E-state index is 0.919. The van der Waals surface area contributed by atoms with Crippen LogP contribution in [0.4, 0.5) is 0 Å². The van der Waals surface area contributed by atoms with E-state index in [9.17, 15) is 0 Å². The third kappa shape index (κ3) is 2.30. The predicted molar refractivity (Wildman–Crippen MR) is 64.0 cm³/mol. The van der Waals surface area contributed by atoms with Crippen LogP contribution >= 0.6 is 0 Å². The molecule has 0 fully saturated rings. The largest absolute Gasteiger partial charge is 0.497 e. The maximum atomic E-state index is 5.15. The van der Waals surface area contributed by atoms with E-state index in [4.69, 9.17) is 4.74 Å². The molecule has 0 N–H and O–H groups in total. The van der Waals surface area contributed by atoms with Crippen molar-refractivity contribution < 1.29 is 4.74 Å². The summed E-state index contributed by atoms with van der Waals surface area (Å²) < 4.78 is 5.15. The highest BCUT2D eigenvalue weighted by Gasteiger charge is 2.05. The molecule has 0 saturated carbocycles. The molecular formula is C14H16O. The fraction of sp³-hybridized carbons (Fsp3) is 0.286. The van der Waals surface area contributed by atoms with E-state index in [2.05, 4.69) is 31.2 Å². The van der Waals surface area contributed by atoms with Crippen LogP contribution in [0, 0.1) is 0 Å². The summed E-state index contributed by atoms with van der Waals surface area (Å²) in [6.07, 6.45) is 6.85. The molecule has 0 aromatic heterocycles. The maximum absolute atomic E-state index is 5.15. The lowest BCUT2D eigenvalue weighted by molar-refractivity contribution is 0.415. The first-order valence-electron chi connectivity index (χ1n) is 5.31. The zero-order valence-corrected chi connectivity index (χ0v) is 9.29. The van der Waals surface area contributed by atoms with E-state index < -0.39 is 0 Å². The van der Waals surface area contributed by atoms with Gasteiger partial charge in [-0.05, 0) is 43.0 Å². The van der Waals surface area contributed by atoms with Crippen molar-refractivity contribution in [1.82, 2.24) is 0 Å². The summed E-state index contributed by atoms with van der Waals surface area (Å²) in [5.74, 6) is 0.919. The molecule has 0 bridgehead atoms. The standard InChI is InChI=1S/C14H16O/c1-11-4-3-5-13(10-11)12-6-8-14(15-2)9-7-12/h4,6-10H,3,5H2,1-2H3. The van der Waals surface area contributed by atoms with E-state index in [1.54, 1.807) is 7.11 Å². The number of rotatable bonds is 2. The number of allylic oxidation sites excluding steroid dienone is 4. The highest BCUT2D eigenvalue weighted by atomic mass is 16.5. The predicted octanol–water partition coefficient (Wildman–Crippen LogP) is 3.82. The van der Waals surface area contributed by atoms with Gasteiger partial charge in [-0.2, -0.15) is 0 Å². The molecule has 0 heterocycles. The van der Waals surface area contributed by atoms with Gasteiger partial charge in [-0.3, -0.25) is 0 Å². The quantitative estimate of drug-likeness (QED) is 0.705. The van der Waals surface area contributed by atoms with Crippen LogP contribution in [-0.2, 0) is 0 Å². The van der Waals surface area contributed by atoms with Crippen molar-refractivity contribution in [2.75, 3.05) is 7.11 Å². The van der Waals surface area contributed by atoms with E-state index in [1.807, 2.05) is 12.1 Å². The van der Waals surface area contributed by atoms with Gasteiger partial charge >= 0.3 is 0 Å². The molecule has 0 spiro atoms. The second-order valence-electron chi connectivity index (χ2n) is 3.88. The van der Waals surface area contributed by atoms with Crippen molar-refractivity contribution in [3.8, 4) is 5.75 Å².